The van der Waals surface area contributed by atoms with E-state index in [0.29, 0.717) is 28.7 Å². The van der Waals surface area contributed by atoms with E-state index in [1.807, 2.05) is 4.68 Å². The van der Waals surface area contributed by atoms with Crippen LogP contribution in [0.4, 0.5) is 15.9 Å². The quantitative estimate of drug-likeness (QED) is 0.633. The summed E-state index contributed by atoms with van der Waals surface area (Å²) in [4.78, 5) is 8.44. The predicted octanol–water partition coefficient (Wildman–Crippen LogP) is 3.48. The summed E-state index contributed by atoms with van der Waals surface area (Å²) in [5, 5.41) is 5.29. The zero-order valence-corrected chi connectivity index (χ0v) is 16.9. The maximum absolute atomic E-state index is 14.7. The molecule has 3 N–H and O–H groups in total. The second kappa shape index (κ2) is 7.58. The number of halogens is 1. The molecule has 0 atom stereocenters. The van der Waals surface area contributed by atoms with Crippen LogP contribution in [0.15, 0.2) is 24.5 Å². The van der Waals surface area contributed by atoms with Crippen LogP contribution >= 0.6 is 0 Å². The van der Waals surface area contributed by atoms with Crippen LogP contribution in [0, 0.1) is 5.82 Å². The third kappa shape index (κ3) is 3.76. The predicted molar refractivity (Wildman–Crippen MR) is 110 cm³/mol. The molecule has 1 aromatic carbocycles. The van der Waals surface area contributed by atoms with E-state index in [1.165, 1.54) is 18.5 Å². The first-order valence-electron chi connectivity index (χ1n) is 9.68. The number of fused-ring (bicyclic) bond motifs is 1. The zero-order valence-electron chi connectivity index (χ0n) is 16.1. The van der Waals surface area contributed by atoms with Gasteiger partial charge < -0.3 is 5.73 Å². The number of rotatable bonds is 6. The molecule has 4 rings (SSSR count). The van der Waals surface area contributed by atoms with Crippen molar-refractivity contribution in [3.8, 4) is 11.3 Å². The Labute approximate surface area is 168 Å². The van der Waals surface area contributed by atoms with Gasteiger partial charge in [-0.1, -0.05) is 25.8 Å². The third-order valence-corrected chi connectivity index (χ3v) is 6.65. The summed E-state index contributed by atoms with van der Waals surface area (Å²) in [7, 11) is -3.58. The van der Waals surface area contributed by atoms with E-state index in [4.69, 9.17) is 10.8 Å². The summed E-state index contributed by atoms with van der Waals surface area (Å²) in [6.45, 7) is 1.75. The second-order valence-corrected chi connectivity index (χ2v) is 9.15. The lowest BCUT2D eigenvalue weighted by molar-refractivity contribution is 0.479. The molecule has 0 unspecified atom stereocenters. The van der Waals surface area contributed by atoms with Crippen molar-refractivity contribution in [2.24, 2.45) is 0 Å². The molecule has 0 spiro atoms. The topological polar surface area (TPSA) is 116 Å². The summed E-state index contributed by atoms with van der Waals surface area (Å²) in [5.74, 6) is -0.470. The van der Waals surface area contributed by atoms with Crippen molar-refractivity contribution < 1.29 is 12.8 Å². The summed E-state index contributed by atoms with van der Waals surface area (Å²) >= 11 is 0. The Hall–Kier alpha value is -2.75. The zero-order chi connectivity index (χ0) is 20.6. The third-order valence-electron chi connectivity index (χ3n) is 5.17. The minimum atomic E-state index is -3.58. The van der Waals surface area contributed by atoms with E-state index >= 15 is 0 Å². The summed E-state index contributed by atoms with van der Waals surface area (Å²) in [5.41, 5.74) is 7.62. The van der Waals surface area contributed by atoms with Gasteiger partial charge in [0.15, 0.2) is 5.65 Å². The van der Waals surface area contributed by atoms with Gasteiger partial charge in [0.1, 0.15) is 23.7 Å². The van der Waals surface area contributed by atoms with Crippen molar-refractivity contribution in [3.63, 3.8) is 0 Å². The second-order valence-electron chi connectivity index (χ2n) is 7.30. The van der Waals surface area contributed by atoms with Crippen molar-refractivity contribution in [2.45, 2.75) is 45.1 Å². The van der Waals surface area contributed by atoms with Crippen molar-refractivity contribution in [2.75, 3.05) is 16.2 Å². The first-order chi connectivity index (χ1) is 13.9. The number of nitrogens with one attached hydrogen (secondary N) is 1. The van der Waals surface area contributed by atoms with E-state index in [9.17, 15) is 12.8 Å². The van der Waals surface area contributed by atoms with Crippen LogP contribution < -0.4 is 10.5 Å². The minimum absolute atomic E-state index is 0.0709. The molecule has 2 aromatic heterocycles. The Morgan fingerprint density at radius 2 is 2.03 bits per heavy atom. The van der Waals surface area contributed by atoms with Gasteiger partial charge in [0.2, 0.25) is 10.0 Å². The van der Waals surface area contributed by atoms with Gasteiger partial charge in [-0.3, -0.25) is 4.72 Å². The SMILES string of the molecule is CCCS(=O)(=O)Nc1ccc(-c2nn(C3CCCC3)c3ncnc(N)c23)cc1F. The van der Waals surface area contributed by atoms with Gasteiger partial charge in [0.25, 0.3) is 0 Å². The number of benzene rings is 1. The molecule has 0 aliphatic heterocycles. The van der Waals surface area contributed by atoms with E-state index in [-0.39, 0.29) is 23.3 Å². The van der Waals surface area contributed by atoms with Crippen LogP contribution in [0.5, 0.6) is 0 Å². The van der Waals surface area contributed by atoms with Crippen LogP contribution in [0.25, 0.3) is 22.3 Å². The molecule has 1 saturated carbocycles. The fraction of sp³-hybridized carbons (Fsp3) is 0.421. The number of nitrogens with zero attached hydrogens (tertiary/aromatic N) is 4. The summed E-state index contributed by atoms with van der Waals surface area (Å²) in [6, 6.07) is 4.51. The van der Waals surface area contributed by atoms with E-state index in [1.54, 1.807) is 13.0 Å². The van der Waals surface area contributed by atoms with Gasteiger partial charge >= 0.3 is 0 Å². The molecule has 1 aliphatic rings. The van der Waals surface area contributed by atoms with E-state index in [2.05, 4.69) is 14.7 Å². The molecule has 0 radical (unpaired) electrons. The largest absolute Gasteiger partial charge is 0.383 e. The smallest absolute Gasteiger partial charge is 0.232 e. The van der Waals surface area contributed by atoms with Gasteiger partial charge in [0.05, 0.1) is 22.9 Å². The van der Waals surface area contributed by atoms with Crippen LogP contribution in [0.1, 0.15) is 45.1 Å². The van der Waals surface area contributed by atoms with E-state index < -0.39 is 15.8 Å². The summed E-state index contributed by atoms with van der Waals surface area (Å²) < 4.78 is 42.7. The lowest BCUT2D eigenvalue weighted by atomic mass is 10.1. The molecule has 0 amide bonds. The molecule has 1 fully saturated rings. The number of hydrogen-bond acceptors (Lipinski definition) is 6. The Bertz CT molecular complexity index is 1150. The Balaban J connectivity index is 1.78. The first kappa shape index (κ1) is 19.6. The number of sulfonamides is 1. The average Bonchev–Trinajstić information content (AvgIpc) is 3.31. The molecule has 1 aliphatic carbocycles. The lowest BCUT2D eigenvalue weighted by Gasteiger charge is -2.10. The molecule has 29 heavy (non-hydrogen) atoms. The van der Waals surface area contributed by atoms with Gasteiger partial charge in [-0.25, -0.2) is 27.5 Å². The molecule has 154 valence electrons. The van der Waals surface area contributed by atoms with Gasteiger partial charge in [-0.15, -0.1) is 0 Å². The fourth-order valence-corrected chi connectivity index (χ4v) is 4.97. The monoisotopic (exact) mass is 418 g/mol. The van der Waals surface area contributed by atoms with Crippen LogP contribution in [-0.4, -0.2) is 33.9 Å². The van der Waals surface area contributed by atoms with Gasteiger partial charge in [0, 0.05) is 5.56 Å². The Kier molecular flexibility index (Phi) is 5.12. The highest BCUT2D eigenvalue weighted by Gasteiger charge is 2.25. The van der Waals surface area contributed by atoms with Crippen molar-refractivity contribution in [1.82, 2.24) is 19.7 Å². The fourth-order valence-electron chi connectivity index (χ4n) is 3.83. The molecule has 3 aromatic rings. The van der Waals surface area contributed by atoms with Crippen LogP contribution in [-0.2, 0) is 10.0 Å². The Morgan fingerprint density at radius 3 is 2.72 bits per heavy atom. The Morgan fingerprint density at radius 1 is 1.28 bits per heavy atom. The highest BCUT2D eigenvalue weighted by molar-refractivity contribution is 7.92. The number of nitrogens with two attached hydrogens (primary N) is 1. The van der Waals surface area contributed by atoms with Crippen molar-refractivity contribution in [3.05, 3.63) is 30.3 Å². The molecule has 2 heterocycles. The number of hydrogen-bond donors (Lipinski definition) is 2. The highest BCUT2D eigenvalue weighted by atomic mass is 32.2. The lowest BCUT2D eigenvalue weighted by Crippen LogP contribution is -2.16. The molecular weight excluding hydrogens is 395 g/mol. The standard InChI is InChI=1S/C19H23FN6O2S/c1-2-9-29(27,28)25-15-8-7-12(10-14(15)20)17-16-18(21)22-11-23-19(16)26(24-17)13-5-3-4-6-13/h7-8,10-11,13,25H,2-6,9H2,1H3,(H2,21,22,23). The first-order valence-corrected chi connectivity index (χ1v) is 11.3. The molecule has 10 heteroatoms. The molecule has 8 nitrogen and oxygen atoms in total. The highest BCUT2D eigenvalue weighted by Crippen LogP contribution is 2.37. The molecule has 0 saturated heterocycles. The molecular formula is C19H23FN6O2S. The average molecular weight is 418 g/mol. The molecule has 0 bridgehead atoms. The van der Waals surface area contributed by atoms with Crippen molar-refractivity contribution in [1.29, 1.82) is 0 Å². The number of aromatic nitrogens is 4. The van der Waals surface area contributed by atoms with Crippen LogP contribution in [0.2, 0.25) is 0 Å². The van der Waals surface area contributed by atoms with Gasteiger partial charge in [-0.2, -0.15) is 5.10 Å². The number of anilines is 2. The normalized spacial score (nSPS) is 15.2. The number of nitrogen functional groups attached to an aromatic ring is 1. The van der Waals surface area contributed by atoms with Crippen LogP contribution in [0.3, 0.4) is 0 Å². The maximum atomic E-state index is 14.7. The summed E-state index contributed by atoms with van der Waals surface area (Å²) in [6.07, 6.45) is 6.12. The maximum Gasteiger partial charge on any atom is 0.232 e. The van der Waals surface area contributed by atoms with E-state index in [0.717, 1.165) is 25.7 Å². The van der Waals surface area contributed by atoms with Gasteiger partial charge in [-0.05, 0) is 31.4 Å². The minimum Gasteiger partial charge on any atom is -0.383 e. The van der Waals surface area contributed by atoms with Crippen molar-refractivity contribution >= 4 is 32.6 Å².